The maximum absolute atomic E-state index is 5.31. The monoisotopic (exact) mass is 286 g/mol. The molecular weight excluding hydrogens is 272 g/mol. The van der Waals surface area contributed by atoms with Crippen LogP contribution in [0, 0.1) is 0 Å². The molecule has 3 N–H and O–H groups in total. The van der Waals surface area contributed by atoms with E-state index < -0.39 is 0 Å². The lowest BCUT2D eigenvalue weighted by Crippen LogP contribution is -2.30. The third-order valence-electron chi connectivity index (χ3n) is 2.42. The van der Waals surface area contributed by atoms with Gasteiger partial charge in [-0.1, -0.05) is 41.6 Å². The van der Waals surface area contributed by atoms with E-state index in [1.165, 1.54) is 0 Å². The van der Waals surface area contributed by atoms with E-state index >= 15 is 0 Å². The first-order valence-corrected chi connectivity index (χ1v) is 6.38. The van der Waals surface area contributed by atoms with E-state index in [0.717, 1.165) is 11.3 Å². The third kappa shape index (κ3) is 4.03. The smallest absolute Gasteiger partial charge is 0.189 e. The quantitative estimate of drug-likeness (QED) is 0.287. The first-order valence-electron chi connectivity index (χ1n) is 5.97. The fourth-order valence-electron chi connectivity index (χ4n) is 1.55. The molecule has 0 saturated heterocycles. The molecular formula is C14H14N4OS. The number of hydrogen-bond acceptors (Lipinski definition) is 4. The molecule has 6 heteroatoms. The molecule has 5 nitrogen and oxygen atoms in total. The van der Waals surface area contributed by atoms with Crippen molar-refractivity contribution >= 4 is 23.0 Å². The van der Waals surface area contributed by atoms with Crippen molar-refractivity contribution in [3.05, 3.63) is 66.0 Å². The molecule has 0 unspecified atom stereocenters. The van der Waals surface area contributed by atoms with E-state index in [1.54, 1.807) is 6.20 Å². The average Bonchev–Trinajstić information content (AvgIpc) is 2.49. The predicted molar refractivity (Wildman–Crippen MR) is 82.2 cm³/mol. The number of aromatic nitrogens is 1. The van der Waals surface area contributed by atoms with Gasteiger partial charge in [0.15, 0.2) is 11.8 Å². The van der Waals surface area contributed by atoms with Crippen LogP contribution in [0.4, 0.5) is 0 Å². The summed E-state index contributed by atoms with van der Waals surface area (Å²) in [4.78, 5) is 9.47. The van der Waals surface area contributed by atoms with E-state index in [4.69, 9.17) is 10.6 Å². The number of pyridine rings is 1. The highest BCUT2D eigenvalue weighted by atomic mass is 32.1. The molecule has 20 heavy (non-hydrogen) atoms. The van der Waals surface area contributed by atoms with Crippen molar-refractivity contribution in [3.63, 3.8) is 0 Å². The van der Waals surface area contributed by atoms with Gasteiger partial charge in [0.2, 0.25) is 0 Å². The number of hydrogen-bond donors (Lipinski definition) is 2. The molecule has 0 radical (unpaired) electrons. The SMILES string of the molecule is NC(=S)NCO/N=C(/c1ccccc1)c1ccccn1. The summed E-state index contributed by atoms with van der Waals surface area (Å²) >= 11 is 4.69. The zero-order valence-corrected chi connectivity index (χ0v) is 11.5. The second-order valence-electron chi connectivity index (χ2n) is 3.84. The van der Waals surface area contributed by atoms with Crippen molar-refractivity contribution < 1.29 is 4.84 Å². The molecule has 0 spiro atoms. The highest BCUT2D eigenvalue weighted by molar-refractivity contribution is 7.80. The molecule has 0 saturated carbocycles. The van der Waals surface area contributed by atoms with E-state index in [0.29, 0.717) is 5.71 Å². The molecule has 0 bridgehead atoms. The van der Waals surface area contributed by atoms with Crippen LogP contribution < -0.4 is 11.1 Å². The van der Waals surface area contributed by atoms with Crippen LogP contribution in [-0.4, -0.2) is 22.5 Å². The van der Waals surface area contributed by atoms with Gasteiger partial charge >= 0.3 is 0 Å². The summed E-state index contributed by atoms with van der Waals surface area (Å²) in [6, 6.07) is 15.3. The fourth-order valence-corrected chi connectivity index (χ4v) is 1.61. The normalized spacial score (nSPS) is 10.9. The molecule has 102 valence electrons. The summed E-state index contributed by atoms with van der Waals surface area (Å²) in [5.41, 5.74) is 7.61. The van der Waals surface area contributed by atoms with Gasteiger partial charge in [-0.05, 0) is 24.4 Å². The Labute approximate surface area is 122 Å². The van der Waals surface area contributed by atoms with Crippen LogP contribution in [0.15, 0.2) is 59.9 Å². The molecule has 1 heterocycles. The zero-order chi connectivity index (χ0) is 14.2. The lowest BCUT2D eigenvalue weighted by atomic mass is 10.1. The molecule has 0 aliphatic heterocycles. The van der Waals surface area contributed by atoms with Crippen LogP contribution in [-0.2, 0) is 4.84 Å². The van der Waals surface area contributed by atoms with Crippen LogP contribution in [0.25, 0.3) is 0 Å². The average molecular weight is 286 g/mol. The topological polar surface area (TPSA) is 72.5 Å². The Kier molecular flexibility index (Phi) is 5.02. The van der Waals surface area contributed by atoms with Crippen LogP contribution in [0.5, 0.6) is 0 Å². The maximum atomic E-state index is 5.31. The number of rotatable bonds is 5. The van der Waals surface area contributed by atoms with Gasteiger partial charge in [0.1, 0.15) is 5.71 Å². The van der Waals surface area contributed by atoms with Crippen molar-refractivity contribution in [2.24, 2.45) is 10.9 Å². The largest absolute Gasteiger partial charge is 0.376 e. The standard InChI is InChI=1S/C14H14N4OS/c15-14(20)17-10-19-18-13(11-6-2-1-3-7-11)12-8-4-5-9-16-12/h1-9H,10H2,(H3,15,17,20)/b18-13-. The Morgan fingerprint density at radius 3 is 2.60 bits per heavy atom. The predicted octanol–water partition coefficient (Wildman–Crippen LogP) is 1.64. The highest BCUT2D eigenvalue weighted by Gasteiger charge is 2.08. The van der Waals surface area contributed by atoms with Crippen molar-refractivity contribution in [3.8, 4) is 0 Å². The number of nitrogens with one attached hydrogen (secondary N) is 1. The molecule has 1 aromatic carbocycles. The van der Waals surface area contributed by atoms with Gasteiger partial charge in [0.25, 0.3) is 0 Å². The van der Waals surface area contributed by atoms with Crippen molar-refractivity contribution in [2.45, 2.75) is 0 Å². The van der Waals surface area contributed by atoms with Crippen molar-refractivity contribution in [1.29, 1.82) is 0 Å². The second-order valence-corrected chi connectivity index (χ2v) is 4.28. The Hall–Kier alpha value is -2.47. The van der Waals surface area contributed by atoms with Gasteiger partial charge in [-0.2, -0.15) is 0 Å². The molecule has 2 rings (SSSR count). The van der Waals surface area contributed by atoms with Crippen LogP contribution in [0.2, 0.25) is 0 Å². The van der Waals surface area contributed by atoms with Gasteiger partial charge in [-0.25, -0.2) is 0 Å². The van der Waals surface area contributed by atoms with Gasteiger partial charge in [-0.15, -0.1) is 0 Å². The number of nitrogens with two attached hydrogens (primary N) is 1. The number of thiocarbonyl (C=S) groups is 1. The maximum Gasteiger partial charge on any atom is 0.189 e. The van der Waals surface area contributed by atoms with Gasteiger partial charge in [0, 0.05) is 11.8 Å². The van der Waals surface area contributed by atoms with Crippen LogP contribution in [0.3, 0.4) is 0 Å². The third-order valence-corrected chi connectivity index (χ3v) is 2.57. The molecule has 0 amide bonds. The van der Waals surface area contributed by atoms with Gasteiger partial charge < -0.3 is 15.9 Å². The minimum Gasteiger partial charge on any atom is -0.376 e. The Morgan fingerprint density at radius 2 is 1.95 bits per heavy atom. The zero-order valence-electron chi connectivity index (χ0n) is 10.7. The summed E-state index contributed by atoms with van der Waals surface area (Å²) in [6.45, 7) is 0.110. The number of nitrogens with zero attached hydrogens (tertiary/aromatic N) is 2. The number of oxime groups is 1. The summed E-state index contributed by atoms with van der Waals surface area (Å²) in [5.74, 6) is 0. The van der Waals surface area contributed by atoms with Gasteiger partial charge in [0.05, 0.1) is 5.69 Å². The number of benzene rings is 1. The lowest BCUT2D eigenvalue weighted by molar-refractivity contribution is 0.139. The molecule has 0 aliphatic carbocycles. The minimum absolute atomic E-state index is 0.110. The summed E-state index contributed by atoms with van der Waals surface area (Å²) in [7, 11) is 0. The summed E-state index contributed by atoms with van der Waals surface area (Å²) in [6.07, 6.45) is 1.71. The molecule has 2 aromatic rings. The lowest BCUT2D eigenvalue weighted by Gasteiger charge is -2.07. The Balaban J connectivity index is 2.21. The van der Waals surface area contributed by atoms with Crippen LogP contribution >= 0.6 is 12.2 Å². The van der Waals surface area contributed by atoms with Crippen LogP contribution in [0.1, 0.15) is 11.3 Å². The summed E-state index contributed by atoms with van der Waals surface area (Å²) < 4.78 is 0. The van der Waals surface area contributed by atoms with Crippen molar-refractivity contribution in [1.82, 2.24) is 10.3 Å². The molecule has 0 fully saturated rings. The van der Waals surface area contributed by atoms with E-state index in [2.05, 4.69) is 27.7 Å². The molecule has 0 aliphatic rings. The Morgan fingerprint density at radius 1 is 1.20 bits per heavy atom. The minimum atomic E-state index is 0.110. The Bertz CT molecular complexity index is 545. The first-order chi connectivity index (χ1) is 9.77. The summed E-state index contributed by atoms with van der Waals surface area (Å²) in [5, 5.41) is 6.94. The second kappa shape index (κ2) is 7.20. The molecule has 1 aromatic heterocycles. The first kappa shape index (κ1) is 14.0. The van der Waals surface area contributed by atoms with E-state index in [9.17, 15) is 0 Å². The van der Waals surface area contributed by atoms with Gasteiger partial charge in [-0.3, -0.25) is 4.98 Å². The van der Waals surface area contributed by atoms with E-state index in [-0.39, 0.29) is 11.8 Å². The fraction of sp³-hybridized carbons (Fsp3) is 0.0714. The van der Waals surface area contributed by atoms with E-state index in [1.807, 2.05) is 48.5 Å². The van der Waals surface area contributed by atoms with Crippen molar-refractivity contribution in [2.75, 3.05) is 6.73 Å². The highest BCUT2D eigenvalue weighted by Crippen LogP contribution is 2.08. The molecule has 0 atom stereocenters.